The summed E-state index contributed by atoms with van der Waals surface area (Å²) in [4.78, 5) is 0.928. The van der Waals surface area contributed by atoms with E-state index in [0.717, 1.165) is 26.5 Å². The van der Waals surface area contributed by atoms with E-state index in [0.29, 0.717) is 11.4 Å². The average molecular weight is 350 g/mol. The highest BCUT2D eigenvalue weighted by Crippen LogP contribution is 2.31. The summed E-state index contributed by atoms with van der Waals surface area (Å²) in [5, 5.41) is 15.2. The number of nitrogens with zero attached hydrogens (tertiary/aromatic N) is 2. The zero-order chi connectivity index (χ0) is 13.3. The first kappa shape index (κ1) is 14.1. The first-order chi connectivity index (χ1) is 8.52. The molecule has 0 aromatic carbocycles. The molecule has 0 radical (unpaired) electrons. The third-order valence-electron chi connectivity index (χ3n) is 2.81. The van der Waals surface area contributed by atoms with Gasteiger partial charge in [-0.15, -0.1) is 11.3 Å². The van der Waals surface area contributed by atoms with Gasteiger partial charge in [0.15, 0.2) is 0 Å². The molecule has 0 aliphatic rings. The second kappa shape index (κ2) is 5.74. The average Bonchev–Trinajstić information content (AvgIpc) is 2.87. The Kier molecular flexibility index (Phi) is 4.48. The summed E-state index contributed by atoms with van der Waals surface area (Å²) >= 11 is 11.2. The largest absolute Gasteiger partial charge is 0.387 e. The Morgan fingerprint density at radius 2 is 2.28 bits per heavy atom. The van der Waals surface area contributed by atoms with Gasteiger partial charge >= 0.3 is 0 Å². The van der Waals surface area contributed by atoms with Crippen LogP contribution in [-0.4, -0.2) is 14.9 Å². The van der Waals surface area contributed by atoms with E-state index in [-0.39, 0.29) is 0 Å². The van der Waals surface area contributed by atoms with E-state index in [1.165, 1.54) is 11.3 Å². The second-order valence-electron chi connectivity index (χ2n) is 4.05. The zero-order valence-corrected chi connectivity index (χ0v) is 13.3. The van der Waals surface area contributed by atoms with Gasteiger partial charge < -0.3 is 5.11 Å². The number of thiophene rings is 1. The molecule has 2 heterocycles. The van der Waals surface area contributed by atoms with Gasteiger partial charge in [0.05, 0.1) is 26.3 Å². The predicted octanol–water partition coefficient (Wildman–Crippen LogP) is 3.74. The van der Waals surface area contributed by atoms with Gasteiger partial charge in [0, 0.05) is 18.3 Å². The molecule has 0 amide bonds. The van der Waals surface area contributed by atoms with E-state index in [4.69, 9.17) is 11.6 Å². The third-order valence-corrected chi connectivity index (χ3v) is 4.97. The molecule has 3 nitrogen and oxygen atoms in total. The molecule has 1 N–H and O–H groups in total. The van der Waals surface area contributed by atoms with Crippen LogP contribution in [0.2, 0.25) is 5.02 Å². The maximum absolute atomic E-state index is 10.2. The van der Waals surface area contributed by atoms with Gasteiger partial charge in [-0.3, -0.25) is 4.68 Å². The summed E-state index contributed by atoms with van der Waals surface area (Å²) in [6, 6.07) is 3.86. The highest BCUT2D eigenvalue weighted by Gasteiger charge is 2.18. The van der Waals surface area contributed by atoms with Gasteiger partial charge in [0.1, 0.15) is 0 Å². The van der Waals surface area contributed by atoms with E-state index < -0.39 is 6.10 Å². The molecule has 6 heteroatoms. The number of hydrogen-bond acceptors (Lipinski definition) is 3. The summed E-state index contributed by atoms with van der Waals surface area (Å²) < 4.78 is 2.77. The normalized spacial score (nSPS) is 12.9. The molecule has 0 aliphatic carbocycles. The number of aromatic nitrogens is 2. The molecule has 0 bridgehead atoms. The molecule has 2 rings (SSSR count). The van der Waals surface area contributed by atoms with Crippen molar-refractivity contribution in [2.45, 2.75) is 25.9 Å². The van der Waals surface area contributed by atoms with Crippen LogP contribution in [0, 0.1) is 0 Å². The maximum atomic E-state index is 10.2. The predicted molar refractivity (Wildman–Crippen MR) is 78.3 cm³/mol. The summed E-state index contributed by atoms with van der Waals surface area (Å²) in [6.07, 6.45) is 0.738. The summed E-state index contributed by atoms with van der Waals surface area (Å²) in [6.45, 7) is 2.02. The molecule has 1 atom stereocenters. The summed E-state index contributed by atoms with van der Waals surface area (Å²) in [7, 11) is 1.86. The Hall–Kier alpha value is -0.360. The van der Waals surface area contributed by atoms with E-state index in [2.05, 4.69) is 21.0 Å². The zero-order valence-electron chi connectivity index (χ0n) is 10.2. The molecular weight excluding hydrogens is 336 g/mol. The molecule has 0 spiro atoms. The third kappa shape index (κ3) is 2.79. The van der Waals surface area contributed by atoms with Crippen LogP contribution >= 0.6 is 38.9 Å². The number of aryl methyl sites for hydroxylation is 2. The monoisotopic (exact) mass is 348 g/mol. The Morgan fingerprint density at radius 3 is 2.78 bits per heavy atom. The van der Waals surface area contributed by atoms with Crippen molar-refractivity contribution in [2.75, 3.05) is 0 Å². The quantitative estimate of drug-likeness (QED) is 0.913. The SMILES string of the molecule is CCc1nn(C)c(CC(O)c2ccc(Br)s2)c1Cl. The Morgan fingerprint density at radius 1 is 1.56 bits per heavy atom. The minimum Gasteiger partial charge on any atom is -0.387 e. The van der Waals surface area contributed by atoms with Gasteiger partial charge in [-0.2, -0.15) is 5.10 Å². The molecule has 18 heavy (non-hydrogen) atoms. The topological polar surface area (TPSA) is 38.0 Å². The van der Waals surface area contributed by atoms with Crippen LogP contribution in [-0.2, 0) is 19.9 Å². The van der Waals surface area contributed by atoms with Crippen LogP contribution in [0.15, 0.2) is 15.9 Å². The number of aliphatic hydroxyl groups excluding tert-OH is 1. The van der Waals surface area contributed by atoms with Gasteiger partial charge in [0.2, 0.25) is 0 Å². The molecule has 0 fully saturated rings. The Bertz CT molecular complexity index is 552. The van der Waals surface area contributed by atoms with Crippen molar-refractivity contribution in [3.8, 4) is 0 Å². The molecule has 0 saturated heterocycles. The fourth-order valence-electron chi connectivity index (χ4n) is 1.83. The lowest BCUT2D eigenvalue weighted by molar-refractivity contribution is 0.179. The fourth-order valence-corrected chi connectivity index (χ4v) is 3.61. The second-order valence-corrected chi connectivity index (χ2v) is 6.92. The molecule has 0 aliphatic heterocycles. The van der Waals surface area contributed by atoms with Gasteiger partial charge in [-0.05, 0) is 34.5 Å². The van der Waals surface area contributed by atoms with Crippen molar-refractivity contribution in [2.24, 2.45) is 7.05 Å². The van der Waals surface area contributed by atoms with Crippen molar-refractivity contribution < 1.29 is 5.11 Å². The van der Waals surface area contributed by atoms with Crippen molar-refractivity contribution in [3.05, 3.63) is 37.2 Å². The lowest BCUT2D eigenvalue weighted by Crippen LogP contribution is -2.05. The van der Waals surface area contributed by atoms with E-state index in [9.17, 15) is 5.11 Å². The van der Waals surface area contributed by atoms with Crippen LogP contribution in [0.3, 0.4) is 0 Å². The molecular formula is C12H14BrClN2OS. The minimum absolute atomic E-state index is 0.481. The number of rotatable bonds is 4. The fraction of sp³-hybridized carbons (Fsp3) is 0.417. The van der Waals surface area contributed by atoms with E-state index >= 15 is 0 Å². The van der Waals surface area contributed by atoms with Crippen LogP contribution in [0.4, 0.5) is 0 Å². The number of halogens is 2. The highest BCUT2D eigenvalue weighted by atomic mass is 79.9. The molecule has 98 valence electrons. The first-order valence-corrected chi connectivity index (χ1v) is 7.65. The van der Waals surface area contributed by atoms with Gasteiger partial charge in [-0.1, -0.05) is 18.5 Å². The summed E-state index contributed by atoms with van der Waals surface area (Å²) in [5.41, 5.74) is 1.76. The lowest BCUT2D eigenvalue weighted by atomic mass is 10.1. The standard InChI is InChI=1S/C12H14BrClN2OS/c1-3-7-12(14)8(16(2)15-7)6-9(17)10-4-5-11(13)18-10/h4-5,9,17H,3,6H2,1-2H3. The smallest absolute Gasteiger partial charge is 0.0938 e. The number of hydrogen-bond donors (Lipinski definition) is 1. The molecule has 2 aromatic heterocycles. The van der Waals surface area contributed by atoms with Gasteiger partial charge in [-0.25, -0.2) is 0 Å². The Labute approximate surface area is 124 Å². The van der Waals surface area contributed by atoms with Crippen LogP contribution in [0.25, 0.3) is 0 Å². The van der Waals surface area contributed by atoms with Crippen molar-refractivity contribution >= 4 is 38.9 Å². The lowest BCUT2D eigenvalue weighted by Gasteiger charge is -2.09. The highest BCUT2D eigenvalue weighted by molar-refractivity contribution is 9.11. The summed E-state index contributed by atoms with van der Waals surface area (Å²) in [5.74, 6) is 0. The number of aliphatic hydroxyl groups is 1. The van der Waals surface area contributed by atoms with Gasteiger partial charge in [0.25, 0.3) is 0 Å². The van der Waals surface area contributed by atoms with Crippen LogP contribution < -0.4 is 0 Å². The Balaban J connectivity index is 2.21. The van der Waals surface area contributed by atoms with Crippen molar-refractivity contribution in [3.63, 3.8) is 0 Å². The van der Waals surface area contributed by atoms with Crippen molar-refractivity contribution in [1.29, 1.82) is 0 Å². The first-order valence-electron chi connectivity index (χ1n) is 5.66. The molecule has 2 aromatic rings. The van der Waals surface area contributed by atoms with Crippen molar-refractivity contribution in [1.82, 2.24) is 9.78 Å². The molecule has 0 saturated carbocycles. The molecule has 1 unspecified atom stereocenters. The van der Waals surface area contributed by atoms with Crippen LogP contribution in [0.5, 0.6) is 0 Å². The maximum Gasteiger partial charge on any atom is 0.0938 e. The van der Waals surface area contributed by atoms with Crippen LogP contribution in [0.1, 0.15) is 29.3 Å². The minimum atomic E-state index is -0.543. The van der Waals surface area contributed by atoms with E-state index in [1.54, 1.807) is 4.68 Å². The van der Waals surface area contributed by atoms with E-state index in [1.807, 2.05) is 26.1 Å².